The molecule has 0 atom stereocenters. The highest BCUT2D eigenvalue weighted by molar-refractivity contribution is 7.99. The highest BCUT2D eigenvalue weighted by Gasteiger charge is 2.14. The summed E-state index contributed by atoms with van der Waals surface area (Å²) in [4.78, 5) is 8.13. The number of hydrogen-bond donors (Lipinski definition) is 0. The van der Waals surface area contributed by atoms with E-state index in [-0.39, 0.29) is 0 Å². The van der Waals surface area contributed by atoms with Crippen molar-refractivity contribution in [2.75, 3.05) is 6.61 Å². The summed E-state index contributed by atoms with van der Waals surface area (Å²) in [5, 5.41) is 9.06. The summed E-state index contributed by atoms with van der Waals surface area (Å²) in [6.45, 7) is 4.28. The van der Waals surface area contributed by atoms with Crippen molar-refractivity contribution < 1.29 is 13.6 Å². The van der Waals surface area contributed by atoms with E-state index in [0.29, 0.717) is 28.6 Å². The average molecular weight is 304 g/mol. The molecule has 0 aromatic carbocycles. The Kier molecular flexibility index (Phi) is 3.87. The summed E-state index contributed by atoms with van der Waals surface area (Å²) < 4.78 is 16.1. The summed E-state index contributed by atoms with van der Waals surface area (Å²) in [5.41, 5.74) is 0.784. The highest BCUT2D eigenvalue weighted by atomic mass is 32.2. The summed E-state index contributed by atoms with van der Waals surface area (Å²) in [5.74, 6) is 1.67. The van der Waals surface area contributed by atoms with Crippen molar-refractivity contribution in [3.8, 4) is 17.3 Å². The normalized spacial score (nSPS) is 10.8. The molecule has 0 saturated carbocycles. The van der Waals surface area contributed by atoms with Crippen LogP contribution in [-0.4, -0.2) is 26.8 Å². The Morgan fingerprint density at radius 1 is 1.29 bits per heavy atom. The molecular formula is C13H12N4O3S. The van der Waals surface area contributed by atoms with Gasteiger partial charge in [-0.1, -0.05) is 0 Å². The van der Waals surface area contributed by atoms with Crippen molar-refractivity contribution in [3.63, 3.8) is 0 Å². The lowest BCUT2D eigenvalue weighted by Crippen LogP contribution is -1.95. The van der Waals surface area contributed by atoms with Crippen LogP contribution in [0.25, 0.3) is 11.5 Å². The number of aromatic nitrogens is 4. The minimum Gasteiger partial charge on any atom is -0.478 e. The van der Waals surface area contributed by atoms with E-state index in [4.69, 9.17) is 13.6 Å². The Labute approximate surface area is 124 Å². The Morgan fingerprint density at radius 2 is 2.19 bits per heavy atom. The molecule has 0 fully saturated rings. The van der Waals surface area contributed by atoms with Crippen molar-refractivity contribution in [2.45, 2.75) is 24.1 Å². The van der Waals surface area contributed by atoms with E-state index in [9.17, 15) is 0 Å². The highest BCUT2D eigenvalue weighted by Crippen LogP contribution is 2.30. The van der Waals surface area contributed by atoms with Crippen LogP contribution < -0.4 is 4.74 Å². The van der Waals surface area contributed by atoms with Gasteiger partial charge in [-0.3, -0.25) is 0 Å². The second-order valence-electron chi connectivity index (χ2n) is 3.99. The van der Waals surface area contributed by atoms with Gasteiger partial charge in [-0.05, 0) is 31.7 Å². The zero-order chi connectivity index (χ0) is 14.7. The van der Waals surface area contributed by atoms with E-state index in [1.807, 2.05) is 13.8 Å². The van der Waals surface area contributed by atoms with Crippen LogP contribution >= 0.6 is 11.8 Å². The fourth-order valence-electron chi connectivity index (χ4n) is 1.66. The Bertz CT molecular complexity index is 740. The first kappa shape index (κ1) is 13.6. The smallest absolute Gasteiger partial charge is 0.283 e. The van der Waals surface area contributed by atoms with Gasteiger partial charge >= 0.3 is 0 Å². The lowest BCUT2D eigenvalue weighted by molar-refractivity contribution is 0.324. The molecule has 3 aromatic rings. The van der Waals surface area contributed by atoms with Crippen LogP contribution in [0.2, 0.25) is 0 Å². The number of ether oxygens (including phenoxy) is 1. The maximum absolute atomic E-state index is 5.59. The zero-order valence-electron chi connectivity index (χ0n) is 11.4. The van der Waals surface area contributed by atoms with Gasteiger partial charge in [0.15, 0.2) is 0 Å². The number of furan rings is 1. The maximum atomic E-state index is 5.59. The van der Waals surface area contributed by atoms with Gasteiger partial charge in [0.25, 0.3) is 11.1 Å². The van der Waals surface area contributed by atoms with E-state index in [1.165, 1.54) is 18.1 Å². The van der Waals surface area contributed by atoms with Crippen LogP contribution in [0.1, 0.15) is 12.7 Å². The van der Waals surface area contributed by atoms with E-state index < -0.39 is 0 Å². The molecule has 3 heterocycles. The summed E-state index contributed by atoms with van der Waals surface area (Å²) in [6, 6.07) is 3.51. The fourth-order valence-corrected chi connectivity index (χ4v) is 2.30. The third-order valence-corrected chi connectivity index (χ3v) is 3.37. The molecule has 0 aliphatic heterocycles. The molecule has 0 unspecified atom stereocenters. The molecule has 0 saturated heterocycles. The monoisotopic (exact) mass is 304 g/mol. The predicted octanol–water partition coefficient (Wildman–Crippen LogP) is 2.98. The van der Waals surface area contributed by atoms with Gasteiger partial charge in [0, 0.05) is 6.07 Å². The molecule has 0 radical (unpaired) electrons. The largest absolute Gasteiger partial charge is 0.478 e. The number of nitrogens with zero attached hydrogens (tertiary/aromatic N) is 4. The van der Waals surface area contributed by atoms with Gasteiger partial charge in [0.1, 0.15) is 17.1 Å². The second kappa shape index (κ2) is 5.96. The maximum Gasteiger partial charge on any atom is 0.283 e. The van der Waals surface area contributed by atoms with E-state index in [1.54, 1.807) is 18.4 Å². The Hall–Kier alpha value is -2.35. The molecule has 0 aliphatic rings. The Morgan fingerprint density at radius 3 is 2.95 bits per heavy atom. The van der Waals surface area contributed by atoms with Crippen molar-refractivity contribution in [2.24, 2.45) is 0 Å². The van der Waals surface area contributed by atoms with Gasteiger partial charge in [-0.2, -0.15) is 0 Å². The van der Waals surface area contributed by atoms with Crippen molar-refractivity contribution >= 4 is 11.8 Å². The second-order valence-corrected chi connectivity index (χ2v) is 4.96. The minimum atomic E-state index is 0.395. The van der Waals surface area contributed by atoms with Gasteiger partial charge in [0.2, 0.25) is 5.88 Å². The SMILES string of the molecule is CCOc1cc(Sc2nnc(-c3ccoc3C)o2)ncn1. The van der Waals surface area contributed by atoms with Crippen LogP contribution in [0.15, 0.2) is 43.8 Å². The van der Waals surface area contributed by atoms with Crippen LogP contribution in [0.3, 0.4) is 0 Å². The first-order chi connectivity index (χ1) is 10.3. The van der Waals surface area contributed by atoms with Gasteiger partial charge in [-0.15, -0.1) is 10.2 Å². The molecule has 7 nitrogen and oxygen atoms in total. The lowest BCUT2D eigenvalue weighted by Gasteiger charge is -2.01. The quantitative estimate of drug-likeness (QED) is 0.665. The van der Waals surface area contributed by atoms with Crippen LogP contribution in [0, 0.1) is 6.92 Å². The summed E-state index contributed by atoms with van der Waals surface area (Å²) >= 11 is 1.25. The molecule has 0 spiro atoms. The van der Waals surface area contributed by atoms with E-state index in [0.717, 1.165) is 11.3 Å². The summed E-state index contributed by atoms with van der Waals surface area (Å²) in [7, 11) is 0. The van der Waals surface area contributed by atoms with Gasteiger partial charge in [0.05, 0.1) is 18.4 Å². The first-order valence-electron chi connectivity index (χ1n) is 6.27. The number of rotatable bonds is 5. The average Bonchev–Trinajstić information content (AvgIpc) is 3.08. The lowest BCUT2D eigenvalue weighted by atomic mass is 10.3. The molecule has 0 N–H and O–H groups in total. The molecule has 8 heteroatoms. The predicted molar refractivity (Wildman–Crippen MR) is 74.1 cm³/mol. The van der Waals surface area contributed by atoms with Crippen molar-refractivity contribution in [1.82, 2.24) is 20.2 Å². The van der Waals surface area contributed by atoms with E-state index >= 15 is 0 Å². The van der Waals surface area contributed by atoms with Crippen LogP contribution in [-0.2, 0) is 0 Å². The third kappa shape index (κ3) is 3.05. The molecule has 0 aliphatic carbocycles. The van der Waals surface area contributed by atoms with Crippen LogP contribution in [0.5, 0.6) is 5.88 Å². The minimum absolute atomic E-state index is 0.395. The third-order valence-electron chi connectivity index (χ3n) is 2.60. The topological polar surface area (TPSA) is 87.1 Å². The zero-order valence-corrected chi connectivity index (χ0v) is 12.3. The van der Waals surface area contributed by atoms with Gasteiger partial charge < -0.3 is 13.6 Å². The van der Waals surface area contributed by atoms with Crippen molar-refractivity contribution in [3.05, 3.63) is 30.5 Å². The number of aryl methyl sites for hydroxylation is 1. The standard InChI is InChI=1S/C13H12N4O3S/c1-3-18-10-6-11(15-7-14-10)21-13-17-16-12(20-13)9-4-5-19-8(9)2/h4-7H,3H2,1-2H3. The van der Waals surface area contributed by atoms with E-state index in [2.05, 4.69) is 20.2 Å². The number of hydrogen-bond acceptors (Lipinski definition) is 8. The molecular weight excluding hydrogens is 292 g/mol. The van der Waals surface area contributed by atoms with Gasteiger partial charge in [-0.25, -0.2) is 9.97 Å². The molecule has 21 heavy (non-hydrogen) atoms. The Balaban J connectivity index is 1.78. The fraction of sp³-hybridized carbons (Fsp3) is 0.231. The molecule has 3 rings (SSSR count). The van der Waals surface area contributed by atoms with Crippen molar-refractivity contribution in [1.29, 1.82) is 0 Å². The van der Waals surface area contributed by atoms with Crippen LogP contribution in [0.4, 0.5) is 0 Å². The molecule has 3 aromatic heterocycles. The molecule has 108 valence electrons. The summed E-state index contributed by atoms with van der Waals surface area (Å²) in [6.07, 6.45) is 3.02. The molecule has 0 amide bonds. The first-order valence-corrected chi connectivity index (χ1v) is 7.08. The molecule has 0 bridgehead atoms.